The molecule has 2 rings (SSSR count). The molecule has 1 N–H and O–H groups in total. The molecule has 0 aromatic heterocycles. The van der Waals surface area contributed by atoms with E-state index in [1.807, 2.05) is 26.0 Å². The molecular weight excluding hydrogens is 272 g/mol. The average Bonchev–Trinajstić information content (AvgIpc) is 2.87. The van der Waals surface area contributed by atoms with E-state index in [0.29, 0.717) is 5.69 Å². The third-order valence-electron chi connectivity index (χ3n) is 3.46. The minimum absolute atomic E-state index is 0.0427. The normalized spacial score (nSPS) is 17.6. The van der Waals surface area contributed by atoms with E-state index in [1.54, 1.807) is 13.0 Å². The number of hydrazone groups is 1. The number of esters is 1. The average molecular weight is 290 g/mol. The molecule has 0 radical (unpaired) electrons. The number of carboxylic acids is 1. The van der Waals surface area contributed by atoms with Crippen molar-refractivity contribution in [2.45, 2.75) is 33.2 Å². The van der Waals surface area contributed by atoms with Gasteiger partial charge in [0.2, 0.25) is 0 Å². The number of hydrogen-bond acceptors (Lipinski definition) is 5. The van der Waals surface area contributed by atoms with Crippen LogP contribution < -0.4 is 5.01 Å². The van der Waals surface area contributed by atoms with Gasteiger partial charge in [0.25, 0.3) is 0 Å². The molecule has 0 unspecified atom stereocenters. The molecule has 0 bridgehead atoms. The van der Waals surface area contributed by atoms with Crippen LogP contribution in [0.15, 0.2) is 23.3 Å². The quantitative estimate of drug-likeness (QED) is 0.857. The molecular formula is C15H18N2O4. The summed E-state index contributed by atoms with van der Waals surface area (Å²) in [6.07, 6.45) is 0.0427. The lowest BCUT2D eigenvalue weighted by molar-refractivity contribution is -0.138. The summed E-state index contributed by atoms with van der Waals surface area (Å²) in [6, 6.07) is 4.69. The van der Waals surface area contributed by atoms with Crippen LogP contribution in [0.4, 0.5) is 5.69 Å². The molecule has 0 saturated heterocycles. The number of nitrogens with zero attached hydrogens (tertiary/aromatic N) is 2. The summed E-state index contributed by atoms with van der Waals surface area (Å²) >= 11 is 0. The second-order valence-electron chi connectivity index (χ2n) is 4.94. The van der Waals surface area contributed by atoms with Gasteiger partial charge in [-0.2, -0.15) is 5.10 Å². The Balaban J connectivity index is 2.35. The van der Waals surface area contributed by atoms with Gasteiger partial charge < -0.3 is 9.84 Å². The zero-order chi connectivity index (χ0) is 15.6. The molecule has 112 valence electrons. The number of aliphatic carboxylic acids is 1. The minimum Gasteiger partial charge on any atom is -0.480 e. The van der Waals surface area contributed by atoms with Gasteiger partial charge in [-0.25, -0.2) is 9.59 Å². The molecule has 6 heteroatoms. The first-order valence-electron chi connectivity index (χ1n) is 6.78. The van der Waals surface area contributed by atoms with Crippen molar-refractivity contribution >= 4 is 23.3 Å². The third-order valence-corrected chi connectivity index (χ3v) is 3.46. The number of hydrogen-bond donors (Lipinski definition) is 1. The number of anilines is 1. The van der Waals surface area contributed by atoms with Crippen LogP contribution in [0.3, 0.4) is 0 Å². The Hall–Kier alpha value is -2.37. The summed E-state index contributed by atoms with van der Waals surface area (Å²) in [7, 11) is 0. The van der Waals surface area contributed by atoms with Crippen LogP contribution in [0, 0.1) is 13.8 Å². The Morgan fingerprint density at radius 1 is 1.38 bits per heavy atom. The van der Waals surface area contributed by atoms with E-state index < -0.39 is 18.0 Å². The van der Waals surface area contributed by atoms with Crippen LogP contribution in [-0.4, -0.2) is 35.4 Å². The maximum atomic E-state index is 11.7. The highest BCUT2D eigenvalue weighted by atomic mass is 16.5. The fourth-order valence-corrected chi connectivity index (χ4v) is 2.15. The largest absolute Gasteiger partial charge is 0.480 e. The highest BCUT2D eigenvalue weighted by molar-refractivity contribution is 6.38. The van der Waals surface area contributed by atoms with Crippen LogP contribution in [0.5, 0.6) is 0 Å². The molecule has 6 nitrogen and oxygen atoms in total. The highest BCUT2D eigenvalue weighted by Gasteiger charge is 2.36. The van der Waals surface area contributed by atoms with Crippen LogP contribution in [0.25, 0.3) is 0 Å². The van der Waals surface area contributed by atoms with Crippen molar-refractivity contribution in [1.82, 2.24) is 0 Å². The Labute approximate surface area is 123 Å². The van der Waals surface area contributed by atoms with E-state index in [-0.39, 0.29) is 18.7 Å². The monoisotopic (exact) mass is 290 g/mol. The number of carboxylic acid groups (broad SMARTS) is 1. The predicted octanol–water partition coefficient (Wildman–Crippen LogP) is 1.89. The summed E-state index contributed by atoms with van der Waals surface area (Å²) in [5.74, 6) is -1.58. The van der Waals surface area contributed by atoms with E-state index in [9.17, 15) is 14.7 Å². The van der Waals surface area contributed by atoms with Crippen molar-refractivity contribution in [2.75, 3.05) is 11.6 Å². The fourth-order valence-electron chi connectivity index (χ4n) is 2.15. The van der Waals surface area contributed by atoms with Crippen LogP contribution >= 0.6 is 0 Å². The van der Waals surface area contributed by atoms with Crippen molar-refractivity contribution in [3.05, 3.63) is 29.3 Å². The molecule has 1 aromatic rings. The van der Waals surface area contributed by atoms with Gasteiger partial charge in [-0.3, -0.25) is 5.01 Å². The first kappa shape index (κ1) is 15.0. The standard InChI is InChI=1S/C15H18N2O4/c1-4-21-15(20)12-8-13(14(18)19)17(16-12)11-6-5-9(2)10(3)7-11/h5-7,13H,4,8H2,1-3H3,(H,18,19)/t13-/m0/s1. The summed E-state index contributed by atoms with van der Waals surface area (Å²) in [4.78, 5) is 23.1. The summed E-state index contributed by atoms with van der Waals surface area (Å²) in [6.45, 7) is 5.86. The van der Waals surface area contributed by atoms with E-state index >= 15 is 0 Å². The number of benzene rings is 1. The van der Waals surface area contributed by atoms with Gasteiger partial charge in [-0.15, -0.1) is 0 Å². The molecule has 1 heterocycles. The number of ether oxygens (including phenoxy) is 1. The van der Waals surface area contributed by atoms with Gasteiger partial charge in [-0.1, -0.05) is 6.07 Å². The van der Waals surface area contributed by atoms with Gasteiger partial charge in [0.05, 0.1) is 12.3 Å². The zero-order valence-corrected chi connectivity index (χ0v) is 12.3. The first-order chi connectivity index (χ1) is 9.93. The van der Waals surface area contributed by atoms with Gasteiger partial charge in [0.15, 0.2) is 6.04 Å². The van der Waals surface area contributed by atoms with E-state index in [2.05, 4.69) is 5.10 Å². The molecule has 1 atom stereocenters. The Kier molecular flexibility index (Phi) is 4.26. The first-order valence-corrected chi connectivity index (χ1v) is 6.78. The van der Waals surface area contributed by atoms with Gasteiger partial charge >= 0.3 is 11.9 Å². The van der Waals surface area contributed by atoms with Crippen LogP contribution in [0.1, 0.15) is 24.5 Å². The Bertz CT molecular complexity index is 610. The summed E-state index contributed by atoms with van der Waals surface area (Å²) in [5, 5.41) is 14.9. The van der Waals surface area contributed by atoms with E-state index in [1.165, 1.54) is 5.01 Å². The van der Waals surface area contributed by atoms with Crippen molar-refractivity contribution in [3.63, 3.8) is 0 Å². The minimum atomic E-state index is -1.02. The topological polar surface area (TPSA) is 79.2 Å². The van der Waals surface area contributed by atoms with Gasteiger partial charge in [0, 0.05) is 6.42 Å². The van der Waals surface area contributed by atoms with Crippen molar-refractivity contribution < 1.29 is 19.4 Å². The number of carbonyl (C=O) groups is 2. The van der Waals surface area contributed by atoms with Crippen molar-refractivity contribution in [2.24, 2.45) is 5.10 Å². The Morgan fingerprint density at radius 3 is 2.67 bits per heavy atom. The number of rotatable bonds is 4. The lowest BCUT2D eigenvalue weighted by Crippen LogP contribution is -2.34. The van der Waals surface area contributed by atoms with E-state index in [4.69, 9.17) is 4.74 Å². The Morgan fingerprint density at radius 2 is 2.10 bits per heavy atom. The van der Waals surface area contributed by atoms with Crippen molar-refractivity contribution in [1.29, 1.82) is 0 Å². The van der Waals surface area contributed by atoms with Crippen LogP contribution in [0.2, 0.25) is 0 Å². The van der Waals surface area contributed by atoms with Gasteiger partial charge in [-0.05, 0) is 44.0 Å². The lowest BCUT2D eigenvalue weighted by Gasteiger charge is -2.20. The second kappa shape index (κ2) is 5.95. The molecule has 21 heavy (non-hydrogen) atoms. The molecule has 0 spiro atoms. The SMILES string of the molecule is CCOC(=O)C1=NN(c2ccc(C)c(C)c2)[C@H](C(=O)O)C1. The number of aryl methyl sites for hydroxylation is 2. The zero-order valence-electron chi connectivity index (χ0n) is 12.3. The lowest BCUT2D eigenvalue weighted by atomic mass is 10.1. The van der Waals surface area contributed by atoms with Crippen LogP contribution in [-0.2, 0) is 14.3 Å². The molecule has 0 saturated carbocycles. The number of carbonyl (C=O) groups excluding carboxylic acids is 1. The maximum absolute atomic E-state index is 11.7. The predicted molar refractivity (Wildman–Crippen MR) is 78.5 cm³/mol. The highest BCUT2D eigenvalue weighted by Crippen LogP contribution is 2.27. The molecule has 1 aliphatic rings. The second-order valence-corrected chi connectivity index (χ2v) is 4.94. The fraction of sp³-hybridized carbons (Fsp3) is 0.400. The smallest absolute Gasteiger partial charge is 0.354 e. The van der Waals surface area contributed by atoms with Gasteiger partial charge in [0.1, 0.15) is 5.71 Å². The summed E-state index contributed by atoms with van der Waals surface area (Å²) < 4.78 is 4.89. The van der Waals surface area contributed by atoms with E-state index in [0.717, 1.165) is 11.1 Å². The molecule has 1 aliphatic heterocycles. The molecule has 0 fully saturated rings. The molecule has 1 aromatic carbocycles. The summed E-state index contributed by atoms with van der Waals surface area (Å²) in [5.41, 5.74) is 2.95. The maximum Gasteiger partial charge on any atom is 0.354 e. The molecule has 0 aliphatic carbocycles. The molecule has 0 amide bonds. The third kappa shape index (κ3) is 3.04. The van der Waals surface area contributed by atoms with Crippen molar-refractivity contribution in [3.8, 4) is 0 Å².